The van der Waals surface area contributed by atoms with Crippen LogP contribution in [0.2, 0.25) is 0 Å². The molecular formula is C16H24N2OS. The second kappa shape index (κ2) is 7.02. The van der Waals surface area contributed by atoms with Crippen LogP contribution in [-0.4, -0.2) is 30.5 Å². The fraction of sp³-hybridized carbons (Fsp3) is 0.562. The molecule has 1 aliphatic carbocycles. The highest BCUT2D eigenvalue weighted by Gasteiger charge is 2.22. The van der Waals surface area contributed by atoms with E-state index in [4.69, 9.17) is 0 Å². The Labute approximate surface area is 125 Å². The molecule has 1 saturated carbocycles. The maximum atomic E-state index is 12.3. The third kappa shape index (κ3) is 3.69. The van der Waals surface area contributed by atoms with Gasteiger partial charge in [0.25, 0.3) is 5.91 Å². The van der Waals surface area contributed by atoms with Gasteiger partial charge in [0.15, 0.2) is 0 Å². The number of hydrogen-bond acceptors (Lipinski definition) is 3. The topological polar surface area (TPSA) is 41.1 Å². The van der Waals surface area contributed by atoms with Gasteiger partial charge in [-0.15, -0.1) is 0 Å². The summed E-state index contributed by atoms with van der Waals surface area (Å²) in [6.45, 7) is 1.99. The summed E-state index contributed by atoms with van der Waals surface area (Å²) in [6.07, 6.45) is 6.81. The highest BCUT2D eigenvalue weighted by Crippen LogP contribution is 2.27. The Morgan fingerprint density at radius 2 is 1.95 bits per heavy atom. The van der Waals surface area contributed by atoms with Gasteiger partial charge in [-0.05, 0) is 62.6 Å². The van der Waals surface area contributed by atoms with E-state index >= 15 is 0 Å². The summed E-state index contributed by atoms with van der Waals surface area (Å²) in [4.78, 5) is 12.3. The van der Waals surface area contributed by atoms with Crippen LogP contribution in [0, 0.1) is 6.92 Å². The summed E-state index contributed by atoms with van der Waals surface area (Å²) in [7, 11) is 1.89. The van der Waals surface area contributed by atoms with Crippen molar-refractivity contribution in [3.8, 4) is 0 Å². The molecule has 1 aromatic carbocycles. The van der Waals surface area contributed by atoms with Crippen molar-refractivity contribution >= 4 is 23.4 Å². The molecule has 0 saturated heterocycles. The maximum absolute atomic E-state index is 12.3. The molecule has 2 rings (SSSR count). The monoisotopic (exact) mass is 292 g/mol. The summed E-state index contributed by atoms with van der Waals surface area (Å²) < 4.78 is 0. The SMILES string of the molecule is CNc1ccc(C(=O)NC2CCC(SC)CC2)c(C)c1. The van der Waals surface area contributed by atoms with Crippen LogP contribution < -0.4 is 10.6 Å². The minimum atomic E-state index is 0.0674. The average molecular weight is 292 g/mol. The predicted molar refractivity (Wildman–Crippen MR) is 87.8 cm³/mol. The molecule has 20 heavy (non-hydrogen) atoms. The van der Waals surface area contributed by atoms with Gasteiger partial charge in [-0.25, -0.2) is 0 Å². The van der Waals surface area contributed by atoms with E-state index in [9.17, 15) is 4.79 Å². The molecule has 1 aliphatic rings. The molecule has 0 aliphatic heterocycles. The van der Waals surface area contributed by atoms with Gasteiger partial charge in [0.1, 0.15) is 0 Å². The Morgan fingerprint density at radius 3 is 2.50 bits per heavy atom. The number of carbonyl (C=O) groups is 1. The lowest BCUT2D eigenvalue weighted by Gasteiger charge is -2.28. The zero-order valence-electron chi connectivity index (χ0n) is 12.5. The van der Waals surface area contributed by atoms with Gasteiger partial charge in [0.2, 0.25) is 0 Å². The molecule has 0 radical (unpaired) electrons. The van der Waals surface area contributed by atoms with Crippen molar-refractivity contribution in [1.29, 1.82) is 0 Å². The lowest BCUT2D eigenvalue weighted by molar-refractivity contribution is 0.0927. The first-order valence-electron chi connectivity index (χ1n) is 7.26. The van der Waals surface area contributed by atoms with Gasteiger partial charge < -0.3 is 10.6 Å². The minimum absolute atomic E-state index is 0.0674. The molecule has 4 heteroatoms. The fourth-order valence-corrected chi connectivity index (χ4v) is 3.52. The molecule has 1 aromatic rings. The number of hydrogen-bond donors (Lipinski definition) is 2. The summed E-state index contributed by atoms with van der Waals surface area (Å²) in [6, 6.07) is 6.21. The third-order valence-corrected chi connectivity index (χ3v) is 5.24. The largest absolute Gasteiger partial charge is 0.388 e. The number of nitrogens with one attached hydrogen (secondary N) is 2. The number of anilines is 1. The number of aryl methyl sites for hydroxylation is 1. The molecule has 0 unspecified atom stereocenters. The summed E-state index contributed by atoms with van der Waals surface area (Å²) in [5.74, 6) is 0.0674. The van der Waals surface area contributed by atoms with Crippen LogP contribution in [0.15, 0.2) is 18.2 Å². The fourth-order valence-electron chi connectivity index (χ4n) is 2.78. The van der Waals surface area contributed by atoms with E-state index in [1.807, 2.05) is 43.9 Å². The number of benzene rings is 1. The Bertz CT molecular complexity index is 468. The van der Waals surface area contributed by atoms with Crippen molar-refractivity contribution < 1.29 is 4.79 Å². The maximum Gasteiger partial charge on any atom is 0.251 e. The Balaban J connectivity index is 1.95. The van der Waals surface area contributed by atoms with E-state index in [-0.39, 0.29) is 5.91 Å². The van der Waals surface area contributed by atoms with Crippen LogP contribution in [-0.2, 0) is 0 Å². The first kappa shape index (κ1) is 15.2. The van der Waals surface area contributed by atoms with Crippen LogP contribution in [0.1, 0.15) is 41.6 Å². The highest BCUT2D eigenvalue weighted by atomic mass is 32.2. The molecule has 1 amide bonds. The number of thioether (sulfide) groups is 1. The lowest BCUT2D eigenvalue weighted by Crippen LogP contribution is -2.38. The quantitative estimate of drug-likeness (QED) is 0.893. The van der Waals surface area contributed by atoms with Gasteiger partial charge in [0, 0.05) is 29.6 Å². The van der Waals surface area contributed by atoms with Crippen LogP contribution in [0.5, 0.6) is 0 Å². The number of rotatable bonds is 4. The van der Waals surface area contributed by atoms with Gasteiger partial charge in [0.05, 0.1) is 0 Å². The molecule has 0 atom stereocenters. The summed E-state index contributed by atoms with van der Waals surface area (Å²) >= 11 is 1.95. The predicted octanol–water partition coefficient (Wildman–Crippen LogP) is 3.44. The summed E-state index contributed by atoms with van der Waals surface area (Å²) in [5, 5.41) is 7.06. The smallest absolute Gasteiger partial charge is 0.251 e. The zero-order valence-corrected chi connectivity index (χ0v) is 13.3. The molecule has 0 aromatic heterocycles. The molecule has 3 nitrogen and oxygen atoms in total. The van der Waals surface area contributed by atoms with E-state index in [0.717, 1.165) is 34.9 Å². The summed E-state index contributed by atoms with van der Waals surface area (Å²) in [5.41, 5.74) is 2.85. The van der Waals surface area contributed by atoms with Crippen molar-refractivity contribution in [3.63, 3.8) is 0 Å². The van der Waals surface area contributed by atoms with Crippen molar-refractivity contribution in [2.45, 2.75) is 43.9 Å². The molecule has 0 spiro atoms. The molecule has 0 bridgehead atoms. The van der Waals surface area contributed by atoms with Crippen molar-refractivity contribution in [2.24, 2.45) is 0 Å². The van der Waals surface area contributed by atoms with Crippen LogP contribution in [0.4, 0.5) is 5.69 Å². The lowest BCUT2D eigenvalue weighted by atomic mass is 9.94. The van der Waals surface area contributed by atoms with Gasteiger partial charge in [-0.2, -0.15) is 11.8 Å². The van der Waals surface area contributed by atoms with Crippen molar-refractivity contribution in [2.75, 3.05) is 18.6 Å². The second-order valence-electron chi connectivity index (χ2n) is 5.46. The van der Waals surface area contributed by atoms with E-state index in [0.29, 0.717) is 6.04 Å². The Hall–Kier alpha value is -1.16. The van der Waals surface area contributed by atoms with E-state index < -0.39 is 0 Å². The molecule has 2 N–H and O–H groups in total. The standard InChI is InChI=1S/C16H24N2OS/c1-11-10-13(17-2)6-9-15(11)16(19)18-12-4-7-14(20-3)8-5-12/h6,9-10,12,14,17H,4-5,7-8H2,1-3H3,(H,18,19). The Kier molecular flexibility index (Phi) is 5.35. The first-order valence-corrected chi connectivity index (χ1v) is 8.55. The van der Waals surface area contributed by atoms with E-state index in [1.165, 1.54) is 12.8 Å². The highest BCUT2D eigenvalue weighted by molar-refractivity contribution is 7.99. The number of carbonyl (C=O) groups excluding carboxylic acids is 1. The van der Waals surface area contributed by atoms with Gasteiger partial charge in [-0.3, -0.25) is 4.79 Å². The third-order valence-electron chi connectivity index (χ3n) is 4.10. The van der Waals surface area contributed by atoms with Crippen LogP contribution >= 0.6 is 11.8 Å². The first-order chi connectivity index (χ1) is 9.63. The normalized spacial score (nSPS) is 22.4. The van der Waals surface area contributed by atoms with Gasteiger partial charge >= 0.3 is 0 Å². The van der Waals surface area contributed by atoms with Crippen molar-refractivity contribution in [1.82, 2.24) is 5.32 Å². The molecule has 1 fully saturated rings. The van der Waals surface area contributed by atoms with Gasteiger partial charge in [-0.1, -0.05) is 0 Å². The number of amides is 1. The molecular weight excluding hydrogens is 268 g/mol. The zero-order chi connectivity index (χ0) is 14.5. The molecule has 0 heterocycles. The Morgan fingerprint density at radius 1 is 1.25 bits per heavy atom. The van der Waals surface area contributed by atoms with E-state index in [1.54, 1.807) is 0 Å². The average Bonchev–Trinajstić information content (AvgIpc) is 2.47. The minimum Gasteiger partial charge on any atom is -0.388 e. The second-order valence-corrected chi connectivity index (χ2v) is 6.60. The van der Waals surface area contributed by atoms with Crippen LogP contribution in [0.3, 0.4) is 0 Å². The van der Waals surface area contributed by atoms with Crippen molar-refractivity contribution in [3.05, 3.63) is 29.3 Å². The molecule has 110 valence electrons. The van der Waals surface area contributed by atoms with Crippen LogP contribution in [0.25, 0.3) is 0 Å². The van der Waals surface area contributed by atoms with E-state index in [2.05, 4.69) is 16.9 Å².